The molecule has 0 rings (SSSR count). The van der Waals surface area contributed by atoms with Crippen LogP contribution in [0.4, 0.5) is 22.4 Å². The molecular formula is C7H10F4O3. The van der Waals surface area contributed by atoms with Gasteiger partial charge < -0.3 is 9.47 Å². The minimum atomic E-state index is -1.93. The Hall–Kier alpha value is -1.01. The van der Waals surface area contributed by atoms with Gasteiger partial charge in [-0.05, 0) is 0 Å². The quantitative estimate of drug-likeness (QED) is 0.503. The molecule has 7 heteroatoms. The van der Waals surface area contributed by atoms with E-state index in [0.29, 0.717) is 0 Å². The van der Waals surface area contributed by atoms with Crippen molar-refractivity contribution in [3.8, 4) is 0 Å². The van der Waals surface area contributed by atoms with Crippen molar-refractivity contribution >= 4 is 6.16 Å². The van der Waals surface area contributed by atoms with Gasteiger partial charge in [-0.1, -0.05) is 0 Å². The van der Waals surface area contributed by atoms with Gasteiger partial charge in [0.05, 0.1) is 0 Å². The first-order chi connectivity index (χ1) is 6.60. The van der Waals surface area contributed by atoms with Crippen molar-refractivity contribution in [3.05, 3.63) is 0 Å². The van der Waals surface area contributed by atoms with Gasteiger partial charge in [0.25, 0.3) is 0 Å². The molecular weight excluding hydrogens is 208 g/mol. The van der Waals surface area contributed by atoms with Crippen LogP contribution in [-0.2, 0) is 9.47 Å². The van der Waals surface area contributed by atoms with Gasteiger partial charge in [0.15, 0.2) is 12.3 Å². The van der Waals surface area contributed by atoms with E-state index in [1.165, 1.54) is 0 Å². The van der Waals surface area contributed by atoms with E-state index in [0.717, 1.165) is 0 Å². The van der Waals surface area contributed by atoms with Crippen LogP contribution in [0.2, 0.25) is 0 Å². The van der Waals surface area contributed by atoms with Crippen molar-refractivity contribution in [2.45, 2.75) is 12.3 Å². The molecule has 0 saturated heterocycles. The van der Waals surface area contributed by atoms with Crippen LogP contribution in [0, 0.1) is 0 Å². The molecule has 0 aromatic carbocycles. The highest BCUT2D eigenvalue weighted by Crippen LogP contribution is 1.98. The van der Waals surface area contributed by atoms with Gasteiger partial charge in [0.1, 0.15) is 26.6 Å². The first-order valence-electron chi connectivity index (χ1n) is 3.79. The third-order valence-electron chi connectivity index (χ3n) is 1.10. The summed E-state index contributed by atoms with van der Waals surface area (Å²) in [7, 11) is 0. The molecule has 0 spiro atoms. The molecule has 2 atom stereocenters. The number of carbonyl (C=O) groups excluding carboxylic acids is 1. The van der Waals surface area contributed by atoms with Crippen LogP contribution in [0.1, 0.15) is 0 Å². The van der Waals surface area contributed by atoms with E-state index in [-0.39, 0.29) is 0 Å². The van der Waals surface area contributed by atoms with E-state index in [1.54, 1.807) is 0 Å². The summed E-state index contributed by atoms with van der Waals surface area (Å²) in [6.45, 7) is -4.18. The number of hydrogen-bond acceptors (Lipinski definition) is 3. The van der Waals surface area contributed by atoms with Gasteiger partial charge in [-0.3, -0.25) is 0 Å². The summed E-state index contributed by atoms with van der Waals surface area (Å²) in [4.78, 5) is 10.5. The maximum atomic E-state index is 12.1. The van der Waals surface area contributed by atoms with E-state index >= 15 is 0 Å². The second-order valence-electron chi connectivity index (χ2n) is 2.38. The van der Waals surface area contributed by atoms with Crippen molar-refractivity contribution < 1.29 is 31.8 Å². The normalized spacial score (nSPS) is 14.6. The van der Waals surface area contributed by atoms with Gasteiger partial charge in [0.2, 0.25) is 0 Å². The average Bonchev–Trinajstić information content (AvgIpc) is 2.22. The van der Waals surface area contributed by atoms with Gasteiger partial charge in [0, 0.05) is 0 Å². The van der Waals surface area contributed by atoms with Crippen molar-refractivity contribution in [2.24, 2.45) is 0 Å². The molecule has 0 aliphatic rings. The monoisotopic (exact) mass is 218 g/mol. The highest BCUT2D eigenvalue weighted by atomic mass is 19.2. The van der Waals surface area contributed by atoms with E-state index in [2.05, 4.69) is 9.47 Å². The molecule has 0 bridgehead atoms. The molecule has 2 unspecified atom stereocenters. The largest absolute Gasteiger partial charge is 0.508 e. The zero-order valence-corrected chi connectivity index (χ0v) is 7.22. The number of ether oxygens (including phenoxy) is 2. The summed E-state index contributed by atoms with van der Waals surface area (Å²) in [5, 5.41) is 0. The Bertz CT molecular complexity index is 151. The Morgan fingerprint density at radius 3 is 1.64 bits per heavy atom. The summed E-state index contributed by atoms with van der Waals surface area (Å²) in [5.41, 5.74) is 0. The Labute approximate surface area is 78.0 Å². The molecule has 84 valence electrons. The Kier molecular flexibility index (Phi) is 6.87. The Balaban J connectivity index is 3.46. The van der Waals surface area contributed by atoms with Gasteiger partial charge in [-0.15, -0.1) is 0 Å². The van der Waals surface area contributed by atoms with Crippen molar-refractivity contribution in [1.82, 2.24) is 0 Å². The maximum Gasteiger partial charge on any atom is 0.508 e. The molecule has 0 fully saturated rings. The van der Waals surface area contributed by atoms with Crippen LogP contribution in [0.15, 0.2) is 0 Å². The molecule has 14 heavy (non-hydrogen) atoms. The first-order valence-corrected chi connectivity index (χ1v) is 3.79. The van der Waals surface area contributed by atoms with Crippen molar-refractivity contribution in [3.63, 3.8) is 0 Å². The SMILES string of the molecule is O=C(OCC(F)CF)OCC(F)CF. The summed E-state index contributed by atoms with van der Waals surface area (Å²) < 4.78 is 55.3. The smallest absolute Gasteiger partial charge is 0.431 e. The highest BCUT2D eigenvalue weighted by molar-refractivity contribution is 5.59. The fourth-order valence-corrected chi connectivity index (χ4v) is 0.448. The lowest BCUT2D eigenvalue weighted by Gasteiger charge is -2.07. The molecule has 0 saturated carbocycles. The van der Waals surface area contributed by atoms with Crippen molar-refractivity contribution in [1.29, 1.82) is 0 Å². The Morgan fingerprint density at radius 1 is 1.00 bits per heavy atom. The first kappa shape index (κ1) is 13.0. The number of carbonyl (C=O) groups is 1. The Morgan fingerprint density at radius 2 is 1.36 bits per heavy atom. The highest BCUT2D eigenvalue weighted by Gasteiger charge is 2.13. The van der Waals surface area contributed by atoms with Crippen LogP contribution in [-0.4, -0.2) is 45.1 Å². The third kappa shape index (κ3) is 6.50. The summed E-state index contributed by atoms with van der Waals surface area (Å²) in [5.74, 6) is 0. The predicted octanol–water partition coefficient (Wildman–Crippen LogP) is 1.75. The van der Waals surface area contributed by atoms with Crippen molar-refractivity contribution in [2.75, 3.05) is 26.6 Å². The second-order valence-corrected chi connectivity index (χ2v) is 2.38. The lowest BCUT2D eigenvalue weighted by atomic mass is 10.4. The lowest BCUT2D eigenvalue weighted by Crippen LogP contribution is -2.21. The van der Waals surface area contributed by atoms with Gasteiger partial charge in [-0.2, -0.15) is 0 Å². The van der Waals surface area contributed by atoms with Crippen LogP contribution in [0.25, 0.3) is 0 Å². The summed E-state index contributed by atoms with van der Waals surface area (Å²) >= 11 is 0. The lowest BCUT2D eigenvalue weighted by molar-refractivity contribution is 0.0191. The van der Waals surface area contributed by atoms with Crippen LogP contribution < -0.4 is 0 Å². The maximum absolute atomic E-state index is 12.1. The zero-order valence-electron chi connectivity index (χ0n) is 7.22. The standard InChI is InChI=1S/C7H10F4O3/c8-1-5(10)3-13-7(12)14-4-6(11)2-9/h5-6H,1-4H2. The second kappa shape index (κ2) is 7.40. The van der Waals surface area contributed by atoms with Gasteiger partial charge >= 0.3 is 6.16 Å². The fraction of sp³-hybridized carbons (Fsp3) is 0.857. The topological polar surface area (TPSA) is 35.5 Å². The van der Waals surface area contributed by atoms with E-state index in [4.69, 9.17) is 0 Å². The molecule has 0 heterocycles. The molecule has 0 aromatic heterocycles. The predicted molar refractivity (Wildman–Crippen MR) is 39.0 cm³/mol. The minimum Gasteiger partial charge on any atom is -0.431 e. The number of alkyl halides is 4. The van der Waals surface area contributed by atoms with E-state index in [9.17, 15) is 22.4 Å². The molecule has 0 aliphatic heterocycles. The summed E-state index contributed by atoms with van der Waals surface area (Å²) in [6, 6.07) is 0. The molecule has 0 aromatic rings. The average molecular weight is 218 g/mol. The molecule has 0 N–H and O–H groups in total. The fourth-order valence-electron chi connectivity index (χ4n) is 0.448. The number of halogens is 4. The minimum absolute atomic E-state index is 0.804. The third-order valence-corrected chi connectivity index (χ3v) is 1.10. The van der Waals surface area contributed by atoms with E-state index in [1.807, 2.05) is 0 Å². The molecule has 0 aliphatic carbocycles. The molecule has 3 nitrogen and oxygen atoms in total. The zero-order chi connectivity index (χ0) is 11.0. The van der Waals surface area contributed by atoms with Crippen LogP contribution >= 0.6 is 0 Å². The molecule has 0 radical (unpaired) electrons. The van der Waals surface area contributed by atoms with Crippen LogP contribution in [0.5, 0.6) is 0 Å². The van der Waals surface area contributed by atoms with Gasteiger partial charge in [-0.25, -0.2) is 22.4 Å². The molecule has 0 amide bonds. The number of rotatable bonds is 6. The number of hydrogen-bond donors (Lipinski definition) is 0. The summed E-state index contributed by atoms with van der Waals surface area (Å²) in [6.07, 6.45) is -5.20. The van der Waals surface area contributed by atoms with E-state index < -0.39 is 45.1 Å². The van der Waals surface area contributed by atoms with Crippen LogP contribution in [0.3, 0.4) is 0 Å².